The highest BCUT2D eigenvalue weighted by Gasteiger charge is 2.18. The molecule has 1 atom stereocenters. The van der Waals surface area contributed by atoms with E-state index in [2.05, 4.69) is 15.3 Å². The molecule has 0 aliphatic heterocycles. The second kappa shape index (κ2) is 6.42. The average molecular weight is 293 g/mol. The number of pyridine rings is 1. The number of amides is 1. The summed E-state index contributed by atoms with van der Waals surface area (Å²) in [5.41, 5.74) is 1.89. The van der Waals surface area contributed by atoms with Gasteiger partial charge < -0.3 is 15.4 Å². The van der Waals surface area contributed by atoms with Crippen LogP contribution in [0.4, 0.5) is 0 Å². The van der Waals surface area contributed by atoms with Crippen LogP contribution in [0.3, 0.4) is 0 Å². The van der Waals surface area contributed by atoms with E-state index in [0.29, 0.717) is 11.5 Å². The average Bonchev–Trinajstić information content (AvgIpc) is 2.80. The zero-order chi connectivity index (χ0) is 14.5. The van der Waals surface area contributed by atoms with Gasteiger partial charge in [0, 0.05) is 36.2 Å². The third-order valence-corrected chi connectivity index (χ3v) is 3.84. The third-order valence-electron chi connectivity index (χ3n) is 2.75. The van der Waals surface area contributed by atoms with Gasteiger partial charge in [-0.1, -0.05) is 0 Å². The van der Waals surface area contributed by atoms with Crippen LogP contribution in [0.5, 0.6) is 0 Å². The van der Waals surface area contributed by atoms with Gasteiger partial charge in [-0.3, -0.25) is 4.79 Å². The lowest BCUT2D eigenvalue weighted by Crippen LogP contribution is -2.41. The normalized spacial score (nSPS) is 12.2. The van der Waals surface area contributed by atoms with Gasteiger partial charge in [0.1, 0.15) is 11.7 Å². The van der Waals surface area contributed by atoms with Crippen molar-refractivity contribution in [1.29, 1.82) is 0 Å². The number of rotatable bonds is 6. The molecule has 0 fully saturated rings. The van der Waals surface area contributed by atoms with E-state index in [1.165, 1.54) is 18.7 Å². The fourth-order valence-electron chi connectivity index (χ4n) is 1.84. The molecule has 0 bridgehead atoms. The monoisotopic (exact) mass is 293 g/mol. The van der Waals surface area contributed by atoms with Crippen molar-refractivity contribution in [3.8, 4) is 0 Å². The number of nitrogens with zero attached hydrogens (tertiary/aromatic N) is 1. The number of aliphatic carboxylic acids is 1. The summed E-state index contributed by atoms with van der Waals surface area (Å²) in [5.74, 6) is -0.376. The van der Waals surface area contributed by atoms with Gasteiger partial charge in [0.2, 0.25) is 5.91 Å². The maximum absolute atomic E-state index is 11.0. The zero-order valence-electron chi connectivity index (χ0n) is 10.9. The number of aromatic nitrogens is 2. The minimum atomic E-state index is -1.02. The first kappa shape index (κ1) is 14.4. The van der Waals surface area contributed by atoms with Crippen molar-refractivity contribution in [3.05, 3.63) is 30.1 Å². The largest absolute Gasteiger partial charge is 0.480 e. The zero-order valence-corrected chi connectivity index (χ0v) is 11.7. The number of thioether (sulfide) groups is 1. The maximum Gasteiger partial charge on any atom is 0.327 e. The molecule has 0 aliphatic rings. The Kier molecular flexibility index (Phi) is 4.62. The second-order valence-corrected chi connectivity index (χ2v) is 5.35. The predicted molar refractivity (Wildman–Crippen MR) is 77.5 cm³/mol. The van der Waals surface area contributed by atoms with Crippen molar-refractivity contribution in [2.75, 3.05) is 5.75 Å². The Bertz CT molecular complexity index is 626. The lowest BCUT2D eigenvalue weighted by atomic mass is 10.2. The molecule has 0 saturated heterocycles. The van der Waals surface area contributed by atoms with Crippen molar-refractivity contribution < 1.29 is 14.7 Å². The molecule has 0 aliphatic carbocycles. The molecular formula is C13H15N3O3S. The van der Waals surface area contributed by atoms with Crippen molar-refractivity contribution >= 4 is 34.7 Å². The summed E-state index contributed by atoms with van der Waals surface area (Å²) in [6.45, 7) is 1.31. The number of hydrogen-bond acceptors (Lipinski definition) is 4. The molecule has 7 heteroatoms. The van der Waals surface area contributed by atoms with Gasteiger partial charge in [0.05, 0.1) is 0 Å². The van der Waals surface area contributed by atoms with Crippen LogP contribution in [0.25, 0.3) is 11.0 Å². The molecule has 2 rings (SSSR count). The highest BCUT2D eigenvalue weighted by atomic mass is 32.2. The van der Waals surface area contributed by atoms with E-state index in [9.17, 15) is 9.59 Å². The topological polar surface area (TPSA) is 95.1 Å². The first-order chi connectivity index (χ1) is 9.58. The number of hydrogen-bond donors (Lipinski definition) is 3. The Morgan fingerprint density at radius 3 is 3.05 bits per heavy atom. The lowest BCUT2D eigenvalue weighted by molar-refractivity contribution is -0.140. The molecule has 0 spiro atoms. The number of fused-ring (bicyclic) bond motifs is 1. The first-order valence-electron chi connectivity index (χ1n) is 6.06. The van der Waals surface area contributed by atoms with Gasteiger partial charge >= 0.3 is 5.97 Å². The molecule has 20 heavy (non-hydrogen) atoms. The molecule has 2 aromatic rings. The predicted octanol–water partition coefficient (Wildman–Crippen LogP) is 1.39. The lowest BCUT2D eigenvalue weighted by Gasteiger charge is -2.12. The van der Waals surface area contributed by atoms with Crippen LogP contribution in [0.15, 0.2) is 24.5 Å². The van der Waals surface area contributed by atoms with Gasteiger partial charge in [0.25, 0.3) is 0 Å². The summed E-state index contributed by atoms with van der Waals surface area (Å²) in [4.78, 5) is 29.2. The fraction of sp³-hybridized carbons (Fsp3) is 0.308. The highest BCUT2D eigenvalue weighted by molar-refractivity contribution is 7.98. The molecule has 6 nitrogen and oxygen atoms in total. The summed E-state index contributed by atoms with van der Waals surface area (Å²) >= 11 is 1.46. The molecule has 3 N–H and O–H groups in total. The standard InChI is InChI=1S/C13H15N3O3S/c1-8(17)16-11(13(18)19)7-20-6-9-5-15-12-10(9)3-2-4-14-12/h2-5,11H,6-7H2,1H3,(H,14,15)(H,16,17)(H,18,19). The van der Waals surface area contributed by atoms with E-state index in [1.54, 1.807) is 6.20 Å². The van der Waals surface area contributed by atoms with Gasteiger partial charge in [-0.05, 0) is 17.7 Å². The van der Waals surface area contributed by atoms with E-state index < -0.39 is 12.0 Å². The van der Waals surface area contributed by atoms with Crippen LogP contribution in [-0.4, -0.2) is 38.7 Å². The van der Waals surface area contributed by atoms with Gasteiger partial charge in [-0.25, -0.2) is 9.78 Å². The summed E-state index contributed by atoms with van der Waals surface area (Å²) in [6, 6.07) is 2.97. The summed E-state index contributed by atoms with van der Waals surface area (Å²) in [7, 11) is 0. The number of aromatic amines is 1. The van der Waals surface area contributed by atoms with Gasteiger partial charge in [-0.2, -0.15) is 11.8 Å². The molecule has 0 saturated carbocycles. The van der Waals surface area contributed by atoms with E-state index in [4.69, 9.17) is 5.11 Å². The SMILES string of the molecule is CC(=O)NC(CSCc1c[nH]c2ncccc12)C(=O)O. The Morgan fingerprint density at radius 2 is 2.35 bits per heavy atom. The molecule has 0 radical (unpaired) electrons. The number of carboxylic acids is 1. The Morgan fingerprint density at radius 1 is 1.55 bits per heavy atom. The minimum absolute atomic E-state index is 0.321. The fourth-order valence-corrected chi connectivity index (χ4v) is 2.88. The van der Waals surface area contributed by atoms with Crippen LogP contribution in [0.1, 0.15) is 12.5 Å². The van der Waals surface area contributed by atoms with Crippen LogP contribution >= 0.6 is 11.8 Å². The number of carbonyl (C=O) groups is 2. The minimum Gasteiger partial charge on any atom is -0.480 e. The van der Waals surface area contributed by atoms with Crippen LogP contribution in [-0.2, 0) is 15.3 Å². The molecule has 106 valence electrons. The van der Waals surface area contributed by atoms with E-state index in [-0.39, 0.29) is 5.91 Å². The smallest absolute Gasteiger partial charge is 0.327 e. The Labute approximate surface area is 120 Å². The summed E-state index contributed by atoms with van der Waals surface area (Å²) in [6.07, 6.45) is 3.59. The number of carboxylic acid groups (broad SMARTS) is 1. The van der Waals surface area contributed by atoms with E-state index in [1.807, 2.05) is 18.3 Å². The Balaban J connectivity index is 1.94. The first-order valence-corrected chi connectivity index (χ1v) is 7.22. The third kappa shape index (κ3) is 3.51. The van der Waals surface area contributed by atoms with Crippen molar-refractivity contribution in [3.63, 3.8) is 0 Å². The second-order valence-electron chi connectivity index (χ2n) is 4.32. The van der Waals surface area contributed by atoms with Gasteiger partial charge in [-0.15, -0.1) is 0 Å². The molecule has 2 heterocycles. The van der Waals surface area contributed by atoms with Gasteiger partial charge in [0.15, 0.2) is 0 Å². The summed E-state index contributed by atoms with van der Waals surface area (Å²) < 4.78 is 0. The Hall–Kier alpha value is -2.02. The maximum atomic E-state index is 11.0. The molecule has 0 aromatic carbocycles. The van der Waals surface area contributed by atoms with Crippen molar-refractivity contribution in [2.45, 2.75) is 18.7 Å². The number of nitrogens with one attached hydrogen (secondary N) is 2. The molecule has 2 aromatic heterocycles. The van der Waals surface area contributed by atoms with Crippen molar-refractivity contribution in [2.24, 2.45) is 0 Å². The van der Waals surface area contributed by atoms with Crippen molar-refractivity contribution in [1.82, 2.24) is 15.3 Å². The highest BCUT2D eigenvalue weighted by Crippen LogP contribution is 2.21. The molecule has 1 unspecified atom stereocenters. The van der Waals surface area contributed by atoms with Crippen LogP contribution in [0.2, 0.25) is 0 Å². The quantitative estimate of drug-likeness (QED) is 0.748. The summed E-state index contributed by atoms with van der Waals surface area (Å²) in [5, 5.41) is 12.5. The number of H-pyrrole nitrogens is 1. The van der Waals surface area contributed by atoms with Crippen LogP contribution < -0.4 is 5.32 Å². The van der Waals surface area contributed by atoms with Crippen LogP contribution in [0, 0.1) is 0 Å². The molecule has 1 amide bonds. The van der Waals surface area contributed by atoms with E-state index >= 15 is 0 Å². The molecular weight excluding hydrogens is 278 g/mol. The van der Waals surface area contributed by atoms with E-state index in [0.717, 1.165) is 16.6 Å². The number of carbonyl (C=O) groups excluding carboxylic acids is 1.